The predicted octanol–water partition coefficient (Wildman–Crippen LogP) is 1.76. The van der Waals surface area contributed by atoms with Gasteiger partial charge < -0.3 is 10.2 Å². The number of nitrogens with zero attached hydrogens (tertiary/aromatic N) is 2. The van der Waals surface area contributed by atoms with Crippen LogP contribution >= 0.6 is 0 Å². The summed E-state index contributed by atoms with van der Waals surface area (Å²) in [5, 5.41) is 11.6. The highest BCUT2D eigenvalue weighted by molar-refractivity contribution is 5.92. The van der Waals surface area contributed by atoms with Crippen molar-refractivity contribution in [3.8, 4) is 6.07 Å². The highest BCUT2D eigenvalue weighted by Crippen LogP contribution is 2.19. The molecule has 1 aliphatic heterocycles. The van der Waals surface area contributed by atoms with Crippen LogP contribution in [-0.2, 0) is 9.59 Å². The standard InChI is InChI=1S/C15H17N3O2/c1-11(19)18-8-6-13(7-9-18)15(20)17-14-4-2-12(10-16)3-5-14/h2-5,13H,6-9H2,1H3,(H,17,20). The molecule has 0 spiro atoms. The molecule has 1 heterocycles. The summed E-state index contributed by atoms with van der Waals surface area (Å²) in [6.07, 6.45) is 1.39. The third kappa shape index (κ3) is 3.35. The van der Waals surface area contributed by atoms with Gasteiger partial charge in [0.2, 0.25) is 11.8 Å². The van der Waals surface area contributed by atoms with E-state index in [2.05, 4.69) is 5.32 Å². The number of nitrogens with one attached hydrogen (secondary N) is 1. The first-order valence-corrected chi connectivity index (χ1v) is 6.66. The topological polar surface area (TPSA) is 73.2 Å². The number of hydrogen-bond donors (Lipinski definition) is 1. The number of rotatable bonds is 2. The smallest absolute Gasteiger partial charge is 0.227 e. The third-order valence-corrected chi connectivity index (χ3v) is 3.59. The van der Waals surface area contributed by atoms with Gasteiger partial charge in [-0.1, -0.05) is 0 Å². The van der Waals surface area contributed by atoms with E-state index in [0.717, 1.165) is 0 Å². The summed E-state index contributed by atoms with van der Waals surface area (Å²) in [6, 6.07) is 8.83. The van der Waals surface area contributed by atoms with Crippen molar-refractivity contribution in [1.29, 1.82) is 5.26 Å². The van der Waals surface area contributed by atoms with Crippen molar-refractivity contribution >= 4 is 17.5 Å². The van der Waals surface area contributed by atoms with E-state index in [4.69, 9.17) is 5.26 Å². The third-order valence-electron chi connectivity index (χ3n) is 3.59. The maximum Gasteiger partial charge on any atom is 0.227 e. The largest absolute Gasteiger partial charge is 0.343 e. The molecule has 0 radical (unpaired) electrons. The van der Waals surface area contributed by atoms with Gasteiger partial charge in [0.25, 0.3) is 0 Å². The van der Waals surface area contributed by atoms with Gasteiger partial charge in [-0.15, -0.1) is 0 Å². The van der Waals surface area contributed by atoms with Crippen molar-refractivity contribution in [3.63, 3.8) is 0 Å². The lowest BCUT2D eigenvalue weighted by molar-refractivity contribution is -0.132. The highest BCUT2D eigenvalue weighted by atomic mass is 16.2. The Kier molecular flexibility index (Phi) is 4.36. The Morgan fingerprint density at radius 3 is 2.35 bits per heavy atom. The monoisotopic (exact) mass is 271 g/mol. The van der Waals surface area contributed by atoms with Crippen LogP contribution in [0.2, 0.25) is 0 Å². The van der Waals surface area contributed by atoms with E-state index in [9.17, 15) is 9.59 Å². The molecule has 5 nitrogen and oxygen atoms in total. The van der Waals surface area contributed by atoms with Crippen LogP contribution in [0, 0.1) is 17.2 Å². The Labute approximate surface area is 118 Å². The minimum absolute atomic E-state index is 0.0158. The Bertz CT molecular complexity index is 537. The lowest BCUT2D eigenvalue weighted by atomic mass is 9.96. The van der Waals surface area contributed by atoms with Crippen molar-refractivity contribution in [2.75, 3.05) is 18.4 Å². The van der Waals surface area contributed by atoms with Crippen LogP contribution in [0.1, 0.15) is 25.3 Å². The molecule has 0 unspecified atom stereocenters. The first-order chi connectivity index (χ1) is 9.60. The highest BCUT2D eigenvalue weighted by Gasteiger charge is 2.25. The molecule has 0 atom stereocenters. The summed E-state index contributed by atoms with van der Waals surface area (Å²) in [5.41, 5.74) is 1.26. The van der Waals surface area contributed by atoms with E-state index in [1.165, 1.54) is 0 Å². The van der Waals surface area contributed by atoms with E-state index >= 15 is 0 Å². The van der Waals surface area contributed by atoms with Crippen molar-refractivity contribution in [2.45, 2.75) is 19.8 Å². The zero-order valence-electron chi connectivity index (χ0n) is 11.4. The summed E-state index contributed by atoms with van der Waals surface area (Å²) in [7, 11) is 0. The molecule has 0 saturated carbocycles. The second-order valence-electron chi connectivity index (χ2n) is 4.96. The number of carbonyl (C=O) groups excluding carboxylic acids is 2. The molecule has 1 saturated heterocycles. The lowest BCUT2D eigenvalue weighted by Gasteiger charge is -2.30. The molecule has 20 heavy (non-hydrogen) atoms. The molecule has 104 valence electrons. The van der Waals surface area contributed by atoms with Crippen molar-refractivity contribution in [1.82, 2.24) is 4.90 Å². The van der Waals surface area contributed by atoms with Crippen LogP contribution < -0.4 is 5.32 Å². The summed E-state index contributed by atoms with van der Waals surface area (Å²) in [5.74, 6) is -0.00453. The molecule has 0 aliphatic carbocycles. The van der Waals surface area contributed by atoms with Gasteiger partial charge in [0.05, 0.1) is 11.6 Å². The molecule has 1 aromatic carbocycles. The van der Waals surface area contributed by atoms with Crippen LogP contribution in [0.3, 0.4) is 0 Å². The molecule has 1 aromatic rings. The molecular weight excluding hydrogens is 254 g/mol. The minimum atomic E-state index is -0.0544. The second kappa shape index (κ2) is 6.20. The lowest BCUT2D eigenvalue weighted by Crippen LogP contribution is -2.40. The number of benzene rings is 1. The molecule has 0 aromatic heterocycles. The van der Waals surface area contributed by atoms with Crippen LogP contribution in [0.25, 0.3) is 0 Å². The fraction of sp³-hybridized carbons (Fsp3) is 0.400. The average Bonchev–Trinajstić information content (AvgIpc) is 2.48. The zero-order chi connectivity index (χ0) is 14.5. The van der Waals surface area contributed by atoms with Gasteiger partial charge in [0.1, 0.15) is 0 Å². The number of hydrogen-bond acceptors (Lipinski definition) is 3. The summed E-state index contributed by atoms with van der Waals surface area (Å²) in [6.45, 7) is 2.83. The van der Waals surface area contributed by atoms with Gasteiger partial charge in [-0.2, -0.15) is 5.26 Å². The first kappa shape index (κ1) is 14.1. The van der Waals surface area contributed by atoms with Crippen LogP contribution in [0.4, 0.5) is 5.69 Å². The maximum atomic E-state index is 12.1. The Hall–Kier alpha value is -2.35. The number of piperidine rings is 1. The van der Waals surface area contributed by atoms with Crippen LogP contribution in [0.15, 0.2) is 24.3 Å². The SMILES string of the molecule is CC(=O)N1CCC(C(=O)Nc2ccc(C#N)cc2)CC1. The quantitative estimate of drug-likeness (QED) is 0.890. The maximum absolute atomic E-state index is 12.1. The number of carbonyl (C=O) groups is 2. The van der Waals surface area contributed by atoms with Crippen molar-refractivity contribution in [2.24, 2.45) is 5.92 Å². The molecule has 1 fully saturated rings. The number of anilines is 1. The van der Waals surface area contributed by atoms with Crippen LogP contribution in [0.5, 0.6) is 0 Å². The van der Waals surface area contributed by atoms with Crippen molar-refractivity contribution < 1.29 is 9.59 Å². The summed E-state index contributed by atoms with van der Waals surface area (Å²) >= 11 is 0. The predicted molar refractivity (Wildman–Crippen MR) is 74.8 cm³/mol. The summed E-state index contributed by atoms with van der Waals surface area (Å²) in [4.78, 5) is 25.1. The van der Waals surface area contributed by atoms with Gasteiger partial charge in [-0.05, 0) is 37.1 Å². The molecule has 1 N–H and O–H groups in total. The normalized spacial score (nSPS) is 15.5. The number of amides is 2. The van der Waals surface area contributed by atoms with Gasteiger partial charge in [0.15, 0.2) is 0 Å². The second-order valence-corrected chi connectivity index (χ2v) is 4.96. The first-order valence-electron chi connectivity index (χ1n) is 6.66. The molecule has 1 aliphatic rings. The minimum Gasteiger partial charge on any atom is -0.343 e. The number of nitriles is 1. The summed E-state index contributed by atoms with van der Waals surface area (Å²) < 4.78 is 0. The fourth-order valence-corrected chi connectivity index (χ4v) is 2.33. The zero-order valence-corrected chi connectivity index (χ0v) is 11.4. The number of likely N-dealkylation sites (tertiary alicyclic amines) is 1. The van der Waals surface area contributed by atoms with Gasteiger partial charge in [-0.3, -0.25) is 9.59 Å². The molecular formula is C15H17N3O2. The van der Waals surface area contributed by atoms with E-state index in [1.807, 2.05) is 6.07 Å². The average molecular weight is 271 g/mol. The van der Waals surface area contributed by atoms with E-state index in [0.29, 0.717) is 37.2 Å². The molecule has 0 bridgehead atoms. The van der Waals surface area contributed by atoms with Gasteiger partial charge in [-0.25, -0.2) is 0 Å². The fourth-order valence-electron chi connectivity index (χ4n) is 2.33. The molecule has 5 heteroatoms. The van der Waals surface area contributed by atoms with Gasteiger partial charge in [0, 0.05) is 31.6 Å². The Balaban J connectivity index is 1.89. The Morgan fingerprint density at radius 1 is 1.25 bits per heavy atom. The van der Waals surface area contributed by atoms with Crippen LogP contribution in [-0.4, -0.2) is 29.8 Å². The van der Waals surface area contributed by atoms with Gasteiger partial charge >= 0.3 is 0 Å². The Morgan fingerprint density at radius 2 is 1.85 bits per heavy atom. The van der Waals surface area contributed by atoms with Crippen molar-refractivity contribution in [3.05, 3.63) is 29.8 Å². The molecule has 2 amide bonds. The van der Waals surface area contributed by atoms with E-state index in [-0.39, 0.29) is 17.7 Å². The molecule has 2 rings (SSSR count). The van der Waals surface area contributed by atoms with E-state index in [1.54, 1.807) is 36.1 Å². The van der Waals surface area contributed by atoms with E-state index < -0.39 is 0 Å².